The van der Waals surface area contributed by atoms with E-state index in [2.05, 4.69) is 9.69 Å². The van der Waals surface area contributed by atoms with Crippen LogP contribution in [0.4, 0.5) is 11.4 Å². The minimum absolute atomic E-state index is 0.0816. The molecule has 1 aliphatic carbocycles. The van der Waals surface area contributed by atoms with E-state index in [0.717, 1.165) is 28.2 Å². The SMILES string of the molecule is [C-]#[N+]C([N+]#[C-])=C1C=CC(=Nc2ccc(N(C)C)cc2)c2ccccc21. The molecule has 1 aliphatic rings. The number of fused-ring (bicyclic) bond motifs is 1. The number of allylic oxidation sites excluding steroid dienone is 3. The smallest absolute Gasteiger partial charge is 0.378 e. The summed E-state index contributed by atoms with van der Waals surface area (Å²) in [7, 11) is 4.00. The molecule has 2 aromatic carbocycles. The van der Waals surface area contributed by atoms with E-state index >= 15 is 0 Å². The van der Waals surface area contributed by atoms with Gasteiger partial charge in [-0.25, -0.2) is 4.99 Å². The molecule has 0 heterocycles. The van der Waals surface area contributed by atoms with Crippen molar-refractivity contribution < 1.29 is 0 Å². The Bertz CT molecular complexity index is 962. The van der Waals surface area contributed by atoms with E-state index in [1.807, 2.05) is 73.6 Å². The zero-order valence-corrected chi connectivity index (χ0v) is 14.1. The Labute approximate surface area is 147 Å². The second-order valence-corrected chi connectivity index (χ2v) is 5.75. The van der Waals surface area contributed by atoms with Crippen LogP contribution in [0.3, 0.4) is 0 Å². The first-order valence-electron chi connectivity index (χ1n) is 7.77. The van der Waals surface area contributed by atoms with Crippen molar-refractivity contribution in [2.24, 2.45) is 4.99 Å². The van der Waals surface area contributed by atoms with Gasteiger partial charge < -0.3 is 4.90 Å². The van der Waals surface area contributed by atoms with Crippen LogP contribution in [-0.4, -0.2) is 19.8 Å². The molecule has 0 N–H and O–H groups in total. The molecule has 0 aromatic heterocycles. The van der Waals surface area contributed by atoms with Crippen LogP contribution in [0.5, 0.6) is 0 Å². The van der Waals surface area contributed by atoms with Crippen molar-refractivity contribution in [3.8, 4) is 0 Å². The topological polar surface area (TPSA) is 24.3 Å². The lowest BCUT2D eigenvalue weighted by Crippen LogP contribution is -2.08. The van der Waals surface area contributed by atoms with Gasteiger partial charge >= 0.3 is 5.82 Å². The molecule has 0 radical (unpaired) electrons. The molecule has 25 heavy (non-hydrogen) atoms. The van der Waals surface area contributed by atoms with Crippen molar-refractivity contribution in [3.05, 3.63) is 100 Å². The van der Waals surface area contributed by atoms with E-state index < -0.39 is 0 Å². The Morgan fingerprint density at radius 2 is 1.52 bits per heavy atom. The number of anilines is 1. The van der Waals surface area contributed by atoms with Crippen LogP contribution >= 0.6 is 0 Å². The molecule has 2 aromatic rings. The molecule has 0 atom stereocenters. The fraction of sp³-hybridized carbons (Fsp3) is 0.0952. The van der Waals surface area contributed by atoms with Crippen LogP contribution in [0.1, 0.15) is 11.1 Å². The molecule has 0 amide bonds. The summed E-state index contributed by atoms with van der Waals surface area (Å²) in [5.41, 5.74) is 5.27. The van der Waals surface area contributed by atoms with E-state index in [-0.39, 0.29) is 5.82 Å². The summed E-state index contributed by atoms with van der Waals surface area (Å²) in [4.78, 5) is 13.5. The fourth-order valence-electron chi connectivity index (χ4n) is 2.69. The molecule has 0 saturated carbocycles. The highest BCUT2D eigenvalue weighted by molar-refractivity contribution is 6.16. The van der Waals surface area contributed by atoms with E-state index in [1.165, 1.54) is 0 Å². The number of hydrogen-bond acceptors (Lipinski definition) is 2. The third kappa shape index (κ3) is 3.20. The number of rotatable bonds is 2. The van der Waals surface area contributed by atoms with Crippen molar-refractivity contribution in [1.29, 1.82) is 0 Å². The van der Waals surface area contributed by atoms with Crippen molar-refractivity contribution in [2.75, 3.05) is 19.0 Å². The van der Waals surface area contributed by atoms with E-state index in [4.69, 9.17) is 18.1 Å². The predicted molar refractivity (Wildman–Crippen MR) is 103 cm³/mol. The quantitative estimate of drug-likeness (QED) is 0.717. The van der Waals surface area contributed by atoms with Gasteiger partial charge in [-0.15, -0.1) is 0 Å². The normalized spacial score (nSPS) is 13.8. The molecule has 0 spiro atoms. The summed E-state index contributed by atoms with van der Waals surface area (Å²) >= 11 is 0. The number of benzene rings is 2. The zero-order chi connectivity index (χ0) is 17.8. The second kappa shape index (κ2) is 6.86. The van der Waals surface area contributed by atoms with Crippen molar-refractivity contribution >= 4 is 22.7 Å². The van der Waals surface area contributed by atoms with Gasteiger partial charge in [-0.1, -0.05) is 30.3 Å². The van der Waals surface area contributed by atoms with Crippen molar-refractivity contribution in [3.63, 3.8) is 0 Å². The molecule has 0 bridgehead atoms. The number of aliphatic imine (C=N–C) groups is 1. The van der Waals surface area contributed by atoms with Crippen LogP contribution in [0.15, 0.2) is 71.5 Å². The maximum Gasteiger partial charge on any atom is 0.527 e. The summed E-state index contributed by atoms with van der Waals surface area (Å²) in [6, 6.07) is 15.8. The minimum Gasteiger partial charge on any atom is -0.378 e. The largest absolute Gasteiger partial charge is 0.527 e. The highest BCUT2D eigenvalue weighted by Crippen LogP contribution is 2.31. The van der Waals surface area contributed by atoms with Gasteiger partial charge in [-0.05, 0) is 35.9 Å². The monoisotopic (exact) mass is 324 g/mol. The third-order valence-electron chi connectivity index (χ3n) is 3.97. The van der Waals surface area contributed by atoms with Crippen LogP contribution < -0.4 is 4.90 Å². The zero-order valence-electron chi connectivity index (χ0n) is 14.1. The van der Waals surface area contributed by atoms with Crippen LogP contribution in [0, 0.1) is 13.1 Å². The van der Waals surface area contributed by atoms with E-state index in [0.29, 0.717) is 5.57 Å². The Hall–Kier alpha value is -3.63. The lowest BCUT2D eigenvalue weighted by atomic mass is 9.91. The fourth-order valence-corrected chi connectivity index (χ4v) is 2.69. The molecule has 3 rings (SSSR count). The Morgan fingerprint density at radius 1 is 0.880 bits per heavy atom. The standard InChI is InChI=1S/C21H16N4/c1-22-21(23-2)19-13-14-20(18-8-6-5-7-17(18)19)24-15-9-11-16(12-10-15)25(3)4/h5-14H,3-4H3. The predicted octanol–water partition coefficient (Wildman–Crippen LogP) is 4.95. The van der Waals surface area contributed by atoms with Crippen molar-refractivity contribution in [2.45, 2.75) is 0 Å². The third-order valence-corrected chi connectivity index (χ3v) is 3.97. The van der Waals surface area contributed by atoms with Gasteiger partial charge in [-0.3, -0.25) is 0 Å². The first kappa shape index (κ1) is 16.2. The van der Waals surface area contributed by atoms with Crippen molar-refractivity contribution in [1.82, 2.24) is 0 Å². The minimum atomic E-state index is 0.0816. The van der Waals surface area contributed by atoms with Crippen LogP contribution in [0.2, 0.25) is 0 Å². The number of nitrogens with zero attached hydrogens (tertiary/aromatic N) is 4. The number of hydrogen-bond donors (Lipinski definition) is 0. The summed E-state index contributed by atoms with van der Waals surface area (Å²) in [5.74, 6) is 0.0816. The lowest BCUT2D eigenvalue weighted by molar-refractivity contribution is 1.13. The lowest BCUT2D eigenvalue weighted by Gasteiger charge is -2.15. The summed E-state index contributed by atoms with van der Waals surface area (Å²) in [6.45, 7) is 14.4. The maximum atomic E-state index is 7.21. The summed E-state index contributed by atoms with van der Waals surface area (Å²) in [5, 5.41) is 0. The highest BCUT2D eigenvalue weighted by Gasteiger charge is 2.22. The average Bonchev–Trinajstić information content (AvgIpc) is 2.64. The van der Waals surface area contributed by atoms with Crippen LogP contribution in [0.25, 0.3) is 15.3 Å². The molecule has 120 valence electrons. The molecule has 0 saturated heterocycles. The molecule has 4 heteroatoms. The summed E-state index contributed by atoms with van der Waals surface area (Å²) < 4.78 is 0. The maximum absolute atomic E-state index is 7.21. The van der Waals surface area contributed by atoms with Gasteiger partial charge in [0.15, 0.2) is 0 Å². The van der Waals surface area contributed by atoms with Gasteiger partial charge in [0.2, 0.25) is 0 Å². The first-order chi connectivity index (χ1) is 12.1. The molecular formula is C21H16N4. The van der Waals surface area contributed by atoms with Gasteiger partial charge in [0.05, 0.1) is 17.0 Å². The van der Waals surface area contributed by atoms with Gasteiger partial charge in [0, 0.05) is 25.3 Å². The average molecular weight is 324 g/mol. The molecule has 0 fully saturated rings. The van der Waals surface area contributed by atoms with Crippen LogP contribution in [-0.2, 0) is 0 Å². The molecule has 0 aliphatic heterocycles. The first-order valence-corrected chi connectivity index (χ1v) is 7.77. The Morgan fingerprint density at radius 3 is 2.12 bits per heavy atom. The summed E-state index contributed by atoms with van der Waals surface area (Å²) in [6.07, 6.45) is 3.68. The molecular weight excluding hydrogens is 308 g/mol. The highest BCUT2D eigenvalue weighted by atomic mass is 15.1. The second-order valence-electron chi connectivity index (χ2n) is 5.75. The van der Waals surface area contributed by atoms with Gasteiger partial charge in [-0.2, -0.15) is 9.69 Å². The molecule has 0 unspecified atom stereocenters. The molecule has 4 nitrogen and oxygen atoms in total. The van der Waals surface area contributed by atoms with E-state index in [1.54, 1.807) is 6.08 Å². The van der Waals surface area contributed by atoms with Gasteiger partial charge in [0.25, 0.3) is 0 Å². The van der Waals surface area contributed by atoms with Gasteiger partial charge in [0.1, 0.15) is 13.1 Å². The Kier molecular flexibility index (Phi) is 4.46. The van der Waals surface area contributed by atoms with E-state index in [9.17, 15) is 0 Å². The Balaban J connectivity index is 2.08.